The van der Waals surface area contributed by atoms with Gasteiger partial charge >= 0.3 is 0 Å². The fourth-order valence-corrected chi connectivity index (χ4v) is 3.59. The fraction of sp³-hybridized carbons (Fsp3) is 0.375. The van der Waals surface area contributed by atoms with Crippen molar-refractivity contribution >= 4 is 23.4 Å². The largest absolute Gasteiger partial charge is 0.317 e. The Kier molecular flexibility index (Phi) is 5.12. The quantitative estimate of drug-likeness (QED) is 0.527. The maximum absolute atomic E-state index is 6.17. The average Bonchev–Trinajstić information content (AvgIpc) is 2.54. The van der Waals surface area contributed by atoms with Crippen LogP contribution in [0.2, 0.25) is 5.15 Å². The molecule has 1 aromatic heterocycles. The highest BCUT2D eigenvalue weighted by molar-refractivity contribution is 7.98. The van der Waals surface area contributed by atoms with Crippen LogP contribution in [-0.4, -0.2) is 23.1 Å². The Morgan fingerprint density at radius 2 is 1.90 bits per heavy atom. The van der Waals surface area contributed by atoms with Crippen LogP contribution in [0.15, 0.2) is 41.6 Å². The van der Waals surface area contributed by atoms with E-state index in [1.807, 2.05) is 12.1 Å². The van der Waals surface area contributed by atoms with Crippen molar-refractivity contribution in [2.45, 2.75) is 29.7 Å². The van der Waals surface area contributed by atoms with Gasteiger partial charge < -0.3 is 5.32 Å². The van der Waals surface area contributed by atoms with Gasteiger partial charge in [-0.1, -0.05) is 53.7 Å². The summed E-state index contributed by atoms with van der Waals surface area (Å²) in [6.45, 7) is 2.11. The fourth-order valence-electron chi connectivity index (χ4n) is 2.53. The van der Waals surface area contributed by atoms with E-state index < -0.39 is 0 Å². The molecule has 2 aromatic rings. The summed E-state index contributed by atoms with van der Waals surface area (Å²) in [5, 5.41) is 4.71. The molecule has 3 nitrogen and oxygen atoms in total. The van der Waals surface area contributed by atoms with Crippen LogP contribution in [0.5, 0.6) is 0 Å². The van der Waals surface area contributed by atoms with Crippen molar-refractivity contribution in [3.63, 3.8) is 0 Å². The van der Waals surface area contributed by atoms with Gasteiger partial charge in [-0.25, -0.2) is 9.97 Å². The number of thioether (sulfide) groups is 1. The number of halogens is 1. The van der Waals surface area contributed by atoms with E-state index in [4.69, 9.17) is 16.6 Å². The molecule has 2 heterocycles. The van der Waals surface area contributed by atoms with E-state index in [0.29, 0.717) is 11.1 Å². The summed E-state index contributed by atoms with van der Waals surface area (Å²) >= 11 is 7.81. The summed E-state index contributed by atoms with van der Waals surface area (Å²) in [7, 11) is 0. The van der Waals surface area contributed by atoms with Crippen LogP contribution >= 0.6 is 23.4 Å². The Morgan fingerprint density at radius 3 is 2.67 bits per heavy atom. The lowest BCUT2D eigenvalue weighted by atomic mass is 9.94. The first-order valence-corrected chi connectivity index (χ1v) is 8.59. The molecule has 21 heavy (non-hydrogen) atoms. The average molecular weight is 320 g/mol. The summed E-state index contributed by atoms with van der Waals surface area (Å²) in [6, 6.07) is 12.3. The maximum atomic E-state index is 6.17. The topological polar surface area (TPSA) is 37.8 Å². The van der Waals surface area contributed by atoms with Gasteiger partial charge in [0.2, 0.25) is 0 Å². The Hall–Kier alpha value is -1.10. The molecular formula is C16H18ClN3S. The van der Waals surface area contributed by atoms with Gasteiger partial charge in [-0.15, -0.1) is 0 Å². The molecule has 0 spiro atoms. The molecular weight excluding hydrogens is 302 g/mol. The predicted octanol–water partition coefficient (Wildman–Crippen LogP) is 3.89. The van der Waals surface area contributed by atoms with Gasteiger partial charge in [-0.2, -0.15) is 0 Å². The smallest absolute Gasteiger partial charge is 0.189 e. The van der Waals surface area contributed by atoms with E-state index in [2.05, 4.69) is 34.6 Å². The minimum absolute atomic E-state index is 0.503. The molecule has 0 atom stereocenters. The predicted molar refractivity (Wildman–Crippen MR) is 87.9 cm³/mol. The van der Waals surface area contributed by atoms with Gasteiger partial charge in [0.05, 0.1) is 0 Å². The van der Waals surface area contributed by atoms with Gasteiger partial charge in [0, 0.05) is 17.4 Å². The Morgan fingerprint density at radius 1 is 1.14 bits per heavy atom. The minimum Gasteiger partial charge on any atom is -0.317 e. The van der Waals surface area contributed by atoms with Gasteiger partial charge in [0.25, 0.3) is 0 Å². The van der Waals surface area contributed by atoms with Crippen molar-refractivity contribution in [1.82, 2.24) is 15.3 Å². The highest BCUT2D eigenvalue weighted by Gasteiger charge is 2.18. The van der Waals surface area contributed by atoms with Crippen LogP contribution in [0.3, 0.4) is 0 Å². The van der Waals surface area contributed by atoms with Gasteiger partial charge in [-0.3, -0.25) is 0 Å². The van der Waals surface area contributed by atoms with Gasteiger partial charge in [0.1, 0.15) is 5.15 Å². The van der Waals surface area contributed by atoms with Crippen LogP contribution < -0.4 is 5.32 Å². The second kappa shape index (κ2) is 7.25. The Balaban J connectivity index is 1.71. The molecule has 3 rings (SSSR count). The monoisotopic (exact) mass is 319 g/mol. The third-order valence-corrected chi connectivity index (χ3v) is 4.77. The highest BCUT2D eigenvalue weighted by atomic mass is 35.5. The van der Waals surface area contributed by atoms with E-state index in [0.717, 1.165) is 42.5 Å². The molecule has 0 aliphatic carbocycles. The number of piperidine rings is 1. The number of nitrogens with zero attached hydrogens (tertiary/aromatic N) is 2. The zero-order chi connectivity index (χ0) is 14.5. The third-order valence-electron chi connectivity index (χ3n) is 3.66. The molecule has 0 bridgehead atoms. The van der Waals surface area contributed by atoms with E-state index in [1.165, 1.54) is 5.56 Å². The van der Waals surface area contributed by atoms with E-state index in [1.54, 1.807) is 11.8 Å². The van der Waals surface area contributed by atoms with Crippen LogP contribution in [0, 0.1) is 0 Å². The molecule has 0 amide bonds. The molecule has 0 unspecified atom stereocenters. The van der Waals surface area contributed by atoms with Crippen molar-refractivity contribution in [2.75, 3.05) is 13.1 Å². The van der Waals surface area contributed by atoms with E-state index in [-0.39, 0.29) is 0 Å². The third kappa shape index (κ3) is 4.19. The zero-order valence-corrected chi connectivity index (χ0v) is 13.3. The molecule has 0 saturated carbocycles. The lowest BCUT2D eigenvalue weighted by Crippen LogP contribution is -2.27. The number of benzene rings is 1. The summed E-state index contributed by atoms with van der Waals surface area (Å²) in [6.07, 6.45) is 2.24. The van der Waals surface area contributed by atoms with Gasteiger partial charge in [-0.05, 0) is 37.6 Å². The van der Waals surface area contributed by atoms with Crippen molar-refractivity contribution in [2.24, 2.45) is 0 Å². The molecule has 1 N–H and O–H groups in total. The van der Waals surface area contributed by atoms with Crippen LogP contribution in [0.1, 0.15) is 30.0 Å². The first-order chi connectivity index (χ1) is 10.3. The van der Waals surface area contributed by atoms with Crippen LogP contribution in [0.4, 0.5) is 0 Å². The standard InChI is InChI=1S/C16H18ClN3S/c17-15-10-14(13-6-8-18-9-7-13)19-16(20-15)21-11-12-4-2-1-3-5-12/h1-5,10,13,18H,6-9,11H2. The Labute approximate surface area is 134 Å². The summed E-state index contributed by atoms with van der Waals surface area (Å²) < 4.78 is 0. The molecule has 1 fully saturated rings. The number of hydrogen-bond acceptors (Lipinski definition) is 4. The zero-order valence-electron chi connectivity index (χ0n) is 11.8. The number of rotatable bonds is 4. The summed E-state index contributed by atoms with van der Waals surface area (Å²) in [5.74, 6) is 1.37. The van der Waals surface area contributed by atoms with E-state index >= 15 is 0 Å². The van der Waals surface area contributed by atoms with Crippen molar-refractivity contribution in [3.05, 3.63) is 52.8 Å². The SMILES string of the molecule is Clc1cc(C2CCNCC2)nc(SCc2ccccc2)n1. The highest BCUT2D eigenvalue weighted by Crippen LogP contribution is 2.28. The number of nitrogens with one attached hydrogen (secondary N) is 1. The molecule has 1 saturated heterocycles. The molecule has 0 radical (unpaired) electrons. The first kappa shape index (κ1) is 14.8. The molecule has 110 valence electrons. The first-order valence-electron chi connectivity index (χ1n) is 7.23. The van der Waals surface area contributed by atoms with Crippen LogP contribution in [0.25, 0.3) is 0 Å². The Bertz CT molecular complexity index is 585. The lowest BCUT2D eigenvalue weighted by molar-refractivity contribution is 0.450. The lowest BCUT2D eigenvalue weighted by Gasteiger charge is -2.22. The van der Waals surface area contributed by atoms with Gasteiger partial charge in [0.15, 0.2) is 5.16 Å². The summed E-state index contributed by atoms with van der Waals surface area (Å²) in [4.78, 5) is 9.06. The molecule has 1 aromatic carbocycles. The number of hydrogen-bond donors (Lipinski definition) is 1. The second-order valence-corrected chi connectivity index (χ2v) is 6.53. The van der Waals surface area contributed by atoms with Crippen molar-refractivity contribution < 1.29 is 0 Å². The molecule has 1 aliphatic rings. The molecule has 5 heteroatoms. The number of aromatic nitrogens is 2. The van der Waals surface area contributed by atoms with E-state index in [9.17, 15) is 0 Å². The normalized spacial score (nSPS) is 16.0. The molecule has 1 aliphatic heterocycles. The van der Waals surface area contributed by atoms with Crippen molar-refractivity contribution in [3.8, 4) is 0 Å². The second-order valence-electron chi connectivity index (χ2n) is 5.20. The summed E-state index contributed by atoms with van der Waals surface area (Å²) in [5.41, 5.74) is 2.36. The maximum Gasteiger partial charge on any atom is 0.189 e. The van der Waals surface area contributed by atoms with Crippen molar-refractivity contribution in [1.29, 1.82) is 0 Å². The van der Waals surface area contributed by atoms with Crippen LogP contribution in [-0.2, 0) is 5.75 Å². The minimum atomic E-state index is 0.503.